The van der Waals surface area contributed by atoms with Crippen LogP contribution in [0.25, 0.3) is 10.2 Å². The van der Waals surface area contributed by atoms with Gasteiger partial charge in [0.25, 0.3) is 0 Å². The monoisotopic (exact) mass is 301 g/mol. The maximum absolute atomic E-state index is 6.14. The first-order chi connectivity index (χ1) is 9.74. The number of nitrogens with one attached hydrogen (secondary N) is 1. The van der Waals surface area contributed by atoms with E-state index in [9.17, 15) is 0 Å². The summed E-state index contributed by atoms with van der Waals surface area (Å²) >= 11 is 7.72. The number of fused-ring (bicyclic) bond motifs is 1. The SMILES string of the molecule is C/C(=N\Nc1nc2ccccc2s1)c1ccccc1Cl. The number of anilines is 1. The summed E-state index contributed by atoms with van der Waals surface area (Å²) < 4.78 is 1.14. The van der Waals surface area contributed by atoms with Gasteiger partial charge in [-0.25, -0.2) is 4.98 Å². The highest BCUT2D eigenvalue weighted by molar-refractivity contribution is 7.22. The second-order valence-electron chi connectivity index (χ2n) is 4.28. The van der Waals surface area contributed by atoms with Gasteiger partial charge in [-0.3, -0.25) is 5.43 Å². The molecule has 3 aromatic rings. The Morgan fingerprint density at radius 2 is 1.90 bits per heavy atom. The van der Waals surface area contributed by atoms with E-state index in [1.807, 2.05) is 55.5 Å². The summed E-state index contributed by atoms with van der Waals surface area (Å²) in [6.07, 6.45) is 0. The Labute approximate surface area is 125 Å². The minimum Gasteiger partial charge on any atom is -0.252 e. The molecule has 3 rings (SSSR count). The molecule has 3 nitrogen and oxygen atoms in total. The Bertz CT molecular complexity index is 746. The van der Waals surface area contributed by atoms with E-state index in [1.54, 1.807) is 11.3 Å². The number of benzene rings is 2. The molecule has 0 saturated carbocycles. The Hall–Kier alpha value is -1.91. The fraction of sp³-hybridized carbons (Fsp3) is 0.0667. The van der Waals surface area contributed by atoms with E-state index in [2.05, 4.69) is 15.5 Å². The molecule has 0 atom stereocenters. The molecular formula is C15H12ClN3S. The van der Waals surface area contributed by atoms with Crippen molar-refractivity contribution in [1.82, 2.24) is 4.98 Å². The number of para-hydroxylation sites is 1. The molecule has 0 unspecified atom stereocenters. The van der Waals surface area contributed by atoms with Gasteiger partial charge in [0.1, 0.15) is 0 Å². The summed E-state index contributed by atoms with van der Waals surface area (Å²) in [5.41, 5.74) is 5.72. The average Bonchev–Trinajstić information content (AvgIpc) is 2.88. The average molecular weight is 302 g/mol. The molecule has 0 aliphatic rings. The first-order valence-electron chi connectivity index (χ1n) is 6.15. The van der Waals surface area contributed by atoms with Crippen molar-refractivity contribution >= 4 is 44.0 Å². The molecule has 100 valence electrons. The summed E-state index contributed by atoms with van der Waals surface area (Å²) in [4.78, 5) is 4.47. The quantitative estimate of drug-likeness (QED) is 0.558. The molecule has 1 aromatic heterocycles. The third kappa shape index (κ3) is 2.66. The molecule has 20 heavy (non-hydrogen) atoms. The van der Waals surface area contributed by atoms with Gasteiger partial charge in [-0.2, -0.15) is 5.10 Å². The van der Waals surface area contributed by atoms with Gasteiger partial charge < -0.3 is 0 Å². The zero-order valence-corrected chi connectivity index (χ0v) is 12.4. The van der Waals surface area contributed by atoms with Crippen LogP contribution in [0.1, 0.15) is 12.5 Å². The standard InChI is InChI=1S/C15H12ClN3S/c1-10(11-6-2-3-7-12(11)16)18-19-15-17-13-8-4-5-9-14(13)20-15/h2-9H,1H3,(H,17,19)/b18-10+. The first-order valence-corrected chi connectivity index (χ1v) is 7.34. The van der Waals surface area contributed by atoms with Gasteiger partial charge in [0.2, 0.25) is 5.13 Å². The normalized spacial score (nSPS) is 11.8. The van der Waals surface area contributed by atoms with E-state index in [1.165, 1.54) is 0 Å². The third-order valence-corrected chi connectivity index (χ3v) is 4.15. The maximum atomic E-state index is 6.14. The lowest BCUT2D eigenvalue weighted by Gasteiger charge is -2.03. The van der Waals surface area contributed by atoms with E-state index in [0.29, 0.717) is 5.02 Å². The van der Waals surface area contributed by atoms with E-state index in [0.717, 1.165) is 26.6 Å². The van der Waals surface area contributed by atoms with Crippen molar-refractivity contribution in [1.29, 1.82) is 0 Å². The van der Waals surface area contributed by atoms with Crippen LogP contribution in [0.3, 0.4) is 0 Å². The first kappa shape index (κ1) is 13.1. The lowest BCUT2D eigenvalue weighted by atomic mass is 10.1. The number of halogens is 1. The highest BCUT2D eigenvalue weighted by atomic mass is 35.5. The molecule has 0 spiro atoms. The van der Waals surface area contributed by atoms with Crippen molar-refractivity contribution in [2.24, 2.45) is 5.10 Å². The number of rotatable bonds is 3. The number of aromatic nitrogens is 1. The van der Waals surface area contributed by atoms with Crippen LogP contribution in [0, 0.1) is 0 Å². The number of hydrogen-bond donors (Lipinski definition) is 1. The van der Waals surface area contributed by atoms with Crippen LogP contribution in [0.5, 0.6) is 0 Å². The van der Waals surface area contributed by atoms with Gasteiger partial charge in [-0.1, -0.05) is 53.3 Å². The highest BCUT2D eigenvalue weighted by Gasteiger charge is 2.04. The highest BCUT2D eigenvalue weighted by Crippen LogP contribution is 2.25. The fourth-order valence-electron chi connectivity index (χ4n) is 1.87. The summed E-state index contributed by atoms with van der Waals surface area (Å²) in [5, 5.41) is 5.82. The van der Waals surface area contributed by atoms with Gasteiger partial charge in [0, 0.05) is 10.6 Å². The van der Waals surface area contributed by atoms with Crippen LogP contribution in [0.2, 0.25) is 5.02 Å². The van der Waals surface area contributed by atoms with Gasteiger partial charge in [-0.05, 0) is 25.1 Å². The molecule has 0 amide bonds. The van der Waals surface area contributed by atoms with E-state index >= 15 is 0 Å². The Balaban J connectivity index is 1.84. The van der Waals surface area contributed by atoms with E-state index < -0.39 is 0 Å². The Morgan fingerprint density at radius 3 is 2.70 bits per heavy atom. The van der Waals surface area contributed by atoms with E-state index in [4.69, 9.17) is 11.6 Å². The molecule has 1 N–H and O–H groups in total. The zero-order valence-electron chi connectivity index (χ0n) is 10.8. The van der Waals surface area contributed by atoms with Crippen molar-refractivity contribution in [3.63, 3.8) is 0 Å². The van der Waals surface area contributed by atoms with Crippen molar-refractivity contribution in [2.75, 3.05) is 5.43 Å². The molecule has 0 bridgehead atoms. The van der Waals surface area contributed by atoms with Crippen LogP contribution < -0.4 is 5.43 Å². The third-order valence-electron chi connectivity index (χ3n) is 2.88. The van der Waals surface area contributed by atoms with Crippen molar-refractivity contribution in [3.8, 4) is 0 Å². The molecule has 0 aliphatic heterocycles. The summed E-state index contributed by atoms with van der Waals surface area (Å²) in [7, 11) is 0. The summed E-state index contributed by atoms with van der Waals surface area (Å²) in [5.74, 6) is 0. The Morgan fingerprint density at radius 1 is 1.15 bits per heavy atom. The van der Waals surface area contributed by atoms with Gasteiger partial charge in [-0.15, -0.1) is 0 Å². The summed E-state index contributed by atoms with van der Waals surface area (Å²) in [6.45, 7) is 1.92. The second-order valence-corrected chi connectivity index (χ2v) is 5.71. The lowest BCUT2D eigenvalue weighted by Crippen LogP contribution is -2.00. The molecule has 0 saturated heterocycles. The summed E-state index contributed by atoms with van der Waals surface area (Å²) in [6, 6.07) is 15.7. The van der Waals surface area contributed by atoms with Crippen molar-refractivity contribution in [3.05, 3.63) is 59.1 Å². The number of hydrazone groups is 1. The van der Waals surface area contributed by atoms with Gasteiger partial charge in [0.15, 0.2) is 0 Å². The molecule has 0 radical (unpaired) electrons. The number of thiazole rings is 1. The van der Waals surface area contributed by atoms with Crippen molar-refractivity contribution in [2.45, 2.75) is 6.92 Å². The molecule has 5 heteroatoms. The van der Waals surface area contributed by atoms with Crippen LogP contribution in [0.4, 0.5) is 5.13 Å². The second kappa shape index (κ2) is 5.61. The van der Waals surface area contributed by atoms with Gasteiger partial charge >= 0.3 is 0 Å². The minimum atomic E-state index is 0.694. The van der Waals surface area contributed by atoms with E-state index in [-0.39, 0.29) is 0 Å². The number of nitrogens with zero attached hydrogens (tertiary/aromatic N) is 2. The van der Waals surface area contributed by atoms with Crippen molar-refractivity contribution < 1.29 is 0 Å². The smallest absolute Gasteiger partial charge is 0.204 e. The predicted octanol–water partition coefficient (Wildman–Crippen LogP) is 4.79. The predicted molar refractivity (Wildman–Crippen MR) is 86.9 cm³/mol. The van der Waals surface area contributed by atoms with Crippen LogP contribution >= 0.6 is 22.9 Å². The lowest BCUT2D eigenvalue weighted by molar-refractivity contribution is 1.29. The molecule has 2 aromatic carbocycles. The van der Waals surface area contributed by atoms with Crippen LogP contribution in [-0.2, 0) is 0 Å². The maximum Gasteiger partial charge on any atom is 0.204 e. The topological polar surface area (TPSA) is 37.3 Å². The fourth-order valence-corrected chi connectivity index (χ4v) is 2.95. The Kier molecular flexibility index (Phi) is 3.67. The van der Waals surface area contributed by atoms with Crippen LogP contribution in [0.15, 0.2) is 53.6 Å². The molecule has 0 aliphatic carbocycles. The largest absolute Gasteiger partial charge is 0.252 e. The molecular weight excluding hydrogens is 290 g/mol. The van der Waals surface area contributed by atoms with Gasteiger partial charge in [0.05, 0.1) is 15.9 Å². The van der Waals surface area contributed by atoms with Crippen LogP contribution in [-0.4, -0.2) is 10.7 Å². The minimum absolute atomic E-state index is 0.694. The zero-order chi connectivity index (χ0) is 13.9. The molecule has 1 heterocycles. The number of hydrogen-bond acceptors (Lipinski definition) is 4. The molecule has 0 fully saturated rings.